The Bertz CT molecular complexity index is 1300. The number of halogens is 3. The van der Waals surface area contributed by atoms with E-state index in [1.54, 1.807) is 31.2 Å². The molecule has 0 heterocycles. The fraction of sp³-hybridized carbons (Fsp3) is 0.333. The summed E-state index contributed by atoms with van der Waals surface area (Å²) in [5.41, 5.74) is 8.64. The SMILES string of the molecule is CCOC(=O)COc1cccc(CNC(=O)C(CN)Cc2ccc(OCCOc3c(Cl)cc(C)cc3Cl)cc2)c1Br. The van der Waals surface area contributed by atoms with Crippen LogP contribution in [0.15, 0.2) is 59.1 Å². The standard InChI is InChI=1S/C30H33BrCl2N2O6/c1-3-38-27(36)18-41-26-6-4-5-21(28(26)31)17-35-30(37)22(16-34)15-20-7-9-23(10-8-20)39-11-12-40-29-24(32)13-19(2)14-25(29)33/h4-10,13-14,22H,3,11-12,15-18,34H2,1-2H3,(H,35,37). The second kappa shape index (κ2) is 16.5. The largest absolute Gasteiger partial charge is 0.490 e. The molecule has 0 saturated heterocycles. The zero-order chi connectivity index (χ0) is 29.8. The summed E-state index contributed by atoms with van der Waals surface area (Å²) in [5, 5.41) is 3.85. The molecule has 220 valence electrons. The van der Waals surface area contributed by atoms with Crippen LogP contribution in [0.5, 0.6) is 17.2 Å². The topological polar surface area (TPSA) is 109 Å². The van der Waals surface area contributed by atoms with Gasteiger partial charge in [-0.05, 0) is 83.2 Å². The predicted molar refractivity (Wildman–Crippen MR) is 163 cm³/mol. The molecule has 0 saturated carbocycles. The van der Waals surface area contributed by atoms with Crippen LogP contribution in [0, 0.1) is 12.8 Å². The van der Waals surface area contributed by atoms with Crippen molar-refractivity contribution in [2.75, 3.05) is 33.0 Å². The van der Waals surface area contributed by atoms with Crippen molar-refractivity contribution in [3.8, 4) is 17.2 Å². The number of hydrogen-bond donors (Lipinski definition) is 2. The van der Waals surface area contributed by atoms with Gasteiger partial charge in [0.15, 0.2) is 12.4 Å². The van der Waals surface area contributed by atoms with Crippen molar-refractivity contribution in [1.82, 2.24) is 5.32 Å². The van der Waals surface area contributed by atoms with Gasteiger partial charge in [0.2, 0.25) is 5.91 Å². The number of aryl methyl sites for hydroxylation is 1. The zero-order valence-electron chi connectivity index (χ0n) is 22.9. The Morgan fingerprint density at radius 2 is 1.68 bits per heavy atom. The van der Waals surface area contributed by atoms with Gasteiger partial charge in [-0.1, -0.05) is 47.5 Å². The molecular formula is C30H33BrCl2N2O6. The number of benzene rings is 3. The molecule has 1 amide bonds. The normalized spacial score (nSPS) is 11.5. The Kier molecular flexibility index (Phi) is 13.1. The molecule has 0 aliphatic heterocycles. The van der Waals surface area contributed by atoms with Gasteiger partial charge in [-0.15, -0.1) is 0 Å². The summed E-state index contributed by atoms with van der Waals surface area (Å²) in [6.45, 7) is 4.75. The van der Waals surface area contributed by atoms with Gasteiger partial charge in [-0.3, -0.25) is 4.79 Å². The molecule has 1 atom stereocenters. The molecule has 3 aromatic rings. The average molecular weight is 668 g/mol. The minimum atomic E-state index is -0.452. The fourth-order valence-electron chi connectivity index (χ4n) is 3.89. The van der Waals surface area contributed by atoms with Crippen LogP contribution >= 0.6 is 39.1 Å². The Morgan fingerprint density at radius 3 is 2.34 bits per heavy atom. The first kappa shape index (κ1) is 32.5. The predicted octanol–water partition coefficient (Wildman–Crippen LogP) is 5.90. The Balaban J connectivity index is 1.47. The van der Waals surface area contributed by atoms with Gasteiger partial charge in [-0.25, -0.2) is 4.79 Å². The lowest BCUT2D eigenvalue weighted by molar-refractivity contribution is -0.145. The number of rotatable bonds is 15. The van der Waals surface area contributed by atoms with Crippen molar-refractivity contribution in [1.29, 1.82) is 0 Å². The monoisotopic (exact) mass is 666 g/mol. The van der Waals surface area contributed by atoms with Crippen LogP contribution in [0.2, 0.25) is 10.0 Å². The quantitative estimate of drug-likeness (QED) is 0.154. The molecule has 1 unspecified atom stereocenters. The Morgan fingerprint density at radius 1 is 1.00 bits per heavy atom. The maximum atomic E-state index is 12.9. The molecule has 0 radical (unpaired) electrons. The van der Waals surface area contributed by atoms with Crippen LogP contribution in [-0.2, 0) is 27.3 Å². The third-order valence-corrected chi connectivity index (χ3v) is 7.41. The first-order valence-electron chi connectivity index (χ1n) is 13.1. The zero-order valence-corrected chi connectivity index (χ0v) is 26.0. The van der Waals surface area contributed by atoms with Gasteiger partial charge in [0.05, 0.1) is 27.0 Å². The van der Waals surface area contributed by atoms with E-state index in [9.17, 15) is 9.59 Å². The number of nitrogens with one attached hydrogen (secondary N) is 1. The summed E-state index contributed by atoms with van der Waals surface area (Å²) in [6, 6.07) is 16.4. The maximum Gasteiger partial charge on any atom is 0.344 e. The molecule has 41 heavy (non-hydrogen) atoms. The highest BCUT2D eigenvalue weighted by Gasteiger charge is 2.18. The average Bonchev–Trinajstić information content (AvgIpc) is 2.94. The van der Waals surface area contributed by atoms with Crippen LogP contribution in [0.25, 0.3) is 0 Å². The Labute approximate surface area is 258 Å². The molecule has 3 rings (SSSR count). The number of nitrogens with two attached hydrogens (primary N) is 1. The summed E-state index contributed by atoms with van der Waals surface area (Å²) >= 11 is 15.9. The fourth-order valence-corrected chi connectivity index (χ4v) is 5.11. The van der Waals surface area contributed by atoms with E-state index < -0.39 is 11.9 Å². The van der Waals surface area contributed by atoms with Crippen molar-refractivity contribution >= 4 is 51.0 Å². The van der Waals surface area contributed by atoms with E-state index in [4.69, 9.17) is 47.9 Å². The van der Waals surface area contributed by atoms with E-state index in [0.717, 1.165) is 16.7 Å². The van der Waals surface area contributed by atoms with Gasteiger partial charge in [0.25, 0.3) is 0 Å². The number of amides is 1. The van der Waals surface area contributed by atoms with E-state index in [2.05, 4.69) is 21.2 Å². The van der Waals surface area contributed by atoms with Crippen LogP contribution in [0.3, 0.4) is 0 Å². The smallest absolute Gasteiger partial charge is 0.344 e. The minimum absolute atomic E-state index is 0.164. The second-order valence-electron chi connectivity index (χ2n) is 9.08. The summed E-state index contributed by atoms with van der Waals surface area (Å²) in [7, 11) is 0. The van der Waals surface area contributed by atoms with Crippen molar-refractivity contribution in [2.24, 2.45) is 11.7 Å². The highest BCUT2D eigenvalue weighted by Crippen LogP contribution is 2.34. The third-order valence-electron chi connectivity index (χ3n) is 5.95. The van der Waals surface area contributed by atoms with E-state index in [0.29, 0.717) is 44.8 Å². The third kappa shape index (κ3) is 10.1. The lowest BCUT2D eigenvalue weighted by Crippen LogP contribution is -2.36. The van der Waals surface area contributed by atoms with E-state index in [-0.39, 0.29) is 38.8 Å². The molecular weight excluding hydrogens is 635 g/mol. The molecule has 0 fully saturated rings. The molecule has 0 aromatic heterocycles. The van der Waals surface area contributed by atoms with Gasteiger partial charge < -0.3 is 30.0 Å². The van der Waals surface area contributed by atoms with Crippen molar-refractivity contribution in [3.63, 3.8) is 0 Å². The lowest BCUT2D eigenvalue weighted by Gasteiger charge is -2.17. The van der Waals surface area contributed by atoms with Crippen molar-refractivity contribution < 1.29 is 28.5 Å². The summed E-state index contributed by atoms with van der Waals surface area (Å²) in [4.78, 5) is 24.5. The lowest BCUT2D eigenvalue weighted by atomic mass is 9.98. The second-order valence-corrected chi connectivity index (χ2v) is 10.7. The van der Waals surface area contributed by atoms with Gasteiger partial charge in [0, 0.05) is 13.1 Å². The first-order chi connectivity index (χ1) is 19.7. The highest BCUT2D eigenvalue weighted by atomic mass is 79.9. The molecule has 0 spiro atoms. The van der Waals surface area contributed by atoms with Crippen LogP contribution in [0.4, 0.5) is 0 Å². The summed E-state index contributed by atoms with van der Waals surface area (Å²) < 4.78 is 22.5. The molecule has 11 heteroatoms. The highest BCUT2D eigenvalue weighted by molar-refractivity contribution is 9.10. The minimum Gasteiger partial charge on any atom is -0.490 e. The van der Waals surface area contributed by atoms with E-state index >= 15 is 0 Å². The number of esters is 1. The molecule has 0 aliphatic carbocycles. The van der Waals surface area contributed by atoms with Crippen LogP contribution in [0.1, 0.15) is 23.6 Å². The number of ether oxygens (including phenoxy) is 4. The van der Waals surface area contributed by atoms with Crippen molar-refractivity contribution in [2.45, 2.75) is 26.8 Å². The number of carbonyl (C=O) groups excluding carboxylic acids is 2. The van der Waals surface area contributed by atoms with E-state index in [1.807, 2.05) is 37.3 Å². The molecule has 3 N–H and O–H groups in total. The van der Waals surface area contributed by atoms with Crippen LogP contribution in [-0.4, -0.2) is 44.8 Å². The summed E-state index contributed by atoms with van der Waals surface area (Å²) in [5.74, 6) is 0.556. The van der Waals surface area contributed by atoms with Gasteiger partial charge >= 0.3 is 5.97 Å². The molecule has 3 aromatic carbocycles. The Hall–Kier alpha value is -2.98. The number of carbonyl (C=O) groups is 2. The summed E-state index contributed by atoms with van der Waals surface area (Å²) in [6.07, 6.45) is 0.472. The van der Waals surface area contributed by atoms with Gasteiger partial charge in [0.1, 0.15) is 24.7 Å². The van der Waals surface area contributed by atoms with E-state index in [1.165, 1.54) is 0 Å². The van der Waals surface area contributed by atoms with Gasteiger partial charge in [-0.2, -0.15) is 0 Å². The van der Waals surface area contributed by atoms with Crippen molar-refractivity contribution in [3.05, 3.63) is 85.8 Å². The maximum absolute atomic E-state index is 12.9. The number of hydrogen-bond acceptors (Lipinski definition) is 7. The molecule has 0 aliphatic rings. The molecule has 0 bridgehead atoms. The first-order valence-corrected chi connectivity index (χ1v) is 14.6. The van der Waals surface area contributed by atoms with Crippen LogP contribution < -0.4 is 25.3 Å². The molecule has 8 nitrogen and oxygen atoms in total.